The third-order valence-corrected chi connectivity index (χ3v) is 1.15. The Morgan fingerprint density at radius 1 is 0.500 bits per heavy atom. The maximum atomic E-state index is 9.60. The van der Waals surface area contributed by atoms with Crippen LogP contribution in [0.1, 0.15) is 27.7 Å². The van der Waals surface area contributed by atoms with Crippen LogP contribution in [0.4, 0.5) is 19.2 Å². The molecule has 24 heavy (non-hydrogen) atoms. The highest BCUT2D eigenvalue weighted by Crippen LogP contribution is 1.67. The summed E-state index contributed by atoms with van der Waals surface area (Å²) in [4.78, 5) is 38.4. The molecule has 0 spiro atoms. The SMILES string of the molecule is CCOC(N)=O.CCOC(N)=O.CCOC(N)=O.CCOC(N)=O. The summed E-state index contributed by atoms with van der Waals surface area (Å²) in [6.45, 7) is 8.22. The van der Waals surface area contributed by atoms with Gasteiger partial charge in [-0.2, -0.15) is 0 Å². The third kappa shape index (κ3) is 75.6. The van der Waals surface area contributed by atoms with Gasteiger partial charge < -0.3 is 41.9 Å². The molecule has 0 aliphatic rings. The smallest absolute Gasteiger partial charge is 0.404 e. The number of nitrogens with two attached hydrogens (primary N) is 4. The number of primary amides is 4. The Labute approximate surface area is 140 Å². The summed E-state index contributed by atoms with van der Waals surface area (Å²) in [6.07, 6.45) is -2.84. The van der Waals surface area contributed by atoms with Crippen LogP contribution >= 0.6 is 0 Å². The molecule has 0 radical (unpaired) electrons. The Balaban J connectivity index is -0.000000111. The van der Waals surface area contributed by atoms with Crippen molar-refractivity contribution in [2.75, 3.05) is 26.4 Å². The molecular formula is C12H28N4O8. The van der Waals surface area contributed by atoms with Gasteiger partial charge in [-0.1, -0.05) is 0 Å². The predicted octanol–water partition coefficient (Wildman–Crippen LogP) is 0.406. The lowest BCUT2D eigenvalue weighted by Crippen LogP contribution is -2.11. The van der Waals surface area contributed by atoms with Gasteiger partial charge in [-0.15, -0.1) is 0 Å². The molecular weight excluding hydrogens is 328 g/mol. The van der Waals surface area contributed by atoms with Crippen LogP contribution in [0.25, 0.3) is 0 Å². The Hall–Kier alpha value is -2.92. The van der Waals surface area contributed by atoms with Gasteiger partial charge in [0.2, 0.25) is 0 Å². The van der Waals surface area contributed by atoms with E-state index in [1.165, 1.54) is 0 Å². The van der Waals surface area contributed by atoms with E-state index in [0.29, 0.717) is 26.4 Å². The van der Waals surface area contributed by atoms with Crippen molar-refractivity contribution in [3.8, 4) is 0 Å². The highest BCUT2D eigenvalue weighted by Gasteiger charge is 1.83. The second kappa shape index (κ2) is 25.1. The van der Waals surface area contributed by atoms with E-state index >= 15 is 0 Å². The van der Waals surface area contributed by atoms with Crippen molar-refractivity contribution in [2.45, 2.75) is 27.7 Å². The van der Waals surface area contributed by atoms with Crippen LogP contribution in [0.15, 0.2) is 0 Å². The fourth-order valence-electron chi connectivity index (χ4n) is 0.569. The van der Waals surface area contributed by atoms with Crippen molar-refractivity contribution < 1.29 is 38.1 Å². The average molecular weight is 356 g/mol. The molecule has 0 saturated carbocycles. The fraction of sp³-hybridized carbons (Fsp3) is 0.667. The van der Waals surface area contributed by atoms with Crippen LogP contribution in [0.2, 0.25) is 0 Å². The van der Waals surface area contributed by atoms with Gasteiger partial charge >= 0.3 is 24.4 Å². The molecule has 0 heterocycles. The number of hydrogen-bond acceptors (Lipinski definition) is 8. The summed E-state index contributed by atoms with van der Waals surface area (Å²) >= 11 is 0. The van der Waals surface area contributed by atoms with Crippen molar-refractivity contribution >= 4 is 24.4 Å². The van der Waals surface area contributed by atoms with Crippen molar-refractivity contribution in [3.63, 3.8) is 0 Å². The highest BCUT2D eigenvalue weighted by atomic mass is 16.6. The van der Waals surface area contributed by atoms with Gasteiger partial charge in [0.1, 0.15) is 0 Å². The molecule has 0 unspecified atom stereocenters. The second-order valence-corrected chi connectivity index (χ2v) is 3.01. The number of carbonyl (C=O) groups is 4. The van der Waals surface area contributed by atoms with Gasteiger partial charge in [0.15, 0.2) is 0 Å². The Morgan fingerprint density at radius 2 is 0.625 bits per heavy atom. The summed E-state index contributed by atoms with van der Waals surface area (Å²) in [5.74, 6) is 0. The van der Waals surface area contributed by atoms with Gasteiger partial charge in [-0.05, 0) is 27.7 Å². The van der Waals surface area contributed by atoms with Crippen molar-refractivity contribution in [2.24, 2.45) is 22.9 Å². The Bertz CT molecular complexity index is 275. The molecule has 0 fully saturated rings. The van der Waals surface area contributed by atoms with Gasteiger partial charge in [-0.3, -0.25) is 0 Å². The topological polar surface area (TPSA) is 209 Å². The maximum absolute atomic E-state index is 9.60. The van der Waals surface area contributed by atoms with Crippen LogP contribution in [0, 0.1) is 0 Å². The molecule has 0 aromatic rings. The van der Waals surface area contributed by atoms with Crippen molar-refractivity contribution in [1.29, 1.82) is 0 Å². The fourth-order valence-corrected chi connectivity index (χ4v) is 0.569. The lowest BCUT2D eigenvalue weighted by atomic mass is 10.9. The molecule has 0 aromatic carbocycles. The van der Waals surface area contributed by atoms with Crippen LogP contribution in [0.3, 0.4) is 0 Å². The van der Waals surface area contributed by atoms with Gasteiger partial charge in [-0.25, -0.2) is 19.2 Å². The second-order valence-electron chi connectivity index (χ2n) is 3.01. The zero-order valence-electron chi connectivity index (χ0n) is 14.4. The molecule has 0 aromatic heterocycles. The van der Waals surface area contributed by atoms with Crippen molar-refractivity contribution in [1.82, 2.24) is 0 Å². The molecule has 4 amide bonds. The summed E-state index contributed by atoms with van der Waals surface area (Å²) in [5, 5.41) is 0. The van der Waals surface area contributed by atoms with Gasteiger partial charge in [0.25, 0.3) is 0 Å². The van der Waals surface area contributed by atoms with E-state index in [2.05, 4.69) is 41.9 Å². The molecule has 0 aliphatic heterocycles. The van der Waals surface area contributed by atoms with E-state index in [9.17, 15) is 19.2 Å². The minimum atomic E-state index is -0.711. The maximum Gasteiger partial charge on any atom is 0.404 e. The van der Waals surface area contributed by atoms with Crippen LogP contribution in [0.5, 0.6) is 0 Å². The third-order valence-electron chi connectivity index (χ3n) is 1.15. The standard InChI is InChI=1S/4C3H7NO2/c4*1-2-6-3(4)5/h4*2H2,1H3,(H2,4,5). The lowest BCUT2D eigenvalue weighted by Gasteiger charge is -1.89. The first-order valence-electron chi connectivity index (χ1n) is 6.77. The number of hydrogen-bond donors (Lipinski definition) is 4. The quantitative estimate of drug-likeness (QED) is 0.516. The average Bonchev–Trinajstić information content (AvgIpc) is 2.39. The first-order chi connectivity index (χ1) is 11.1. The lowest BCUT2D eigenvalue weighted by molar-refractivity contribution is 0.162. The molecule has 12 heteroatoms. The normalized spacial score (nSPS) is 7.50. The zero-order valence-corrected chi connectivity index (χ0v) is 14.4. The van der Waals surface area contributed by atoms with E-state index in [1.54, 1.807) is 27.7 Å². The number of ether oxygens (including phenoxy) is 4. The van der Waals surface area contributed by atoms with Crippen molar-refractivity contribution in [3.05, 3.63) is 0 Å². The predicted molar refractivity (Wildman–Crippen MR) is 84.8 cm³/mol. The molecule has 0 atom stereocenters. The number of rotatable bonds is 4. The minimum absolute atomic E-state index is 0.356. The molecule has 12 nitrogen and oxygen atoms in total. The summed E-state index contributed by atoms with van der Waals surface area (Å²) in [7, 11) is 0. The minimum Gasteiger partial charge on any atom is -0.450 e. The Kier molecular flexibility index (Phi) is 30.4. The molecule has 144 valence electrons. The molecule has 0 saturated heterocycles. The Morgan fingerprint density at radius 3 is 0.625 bits per heavy atom. The largest absolute Gasteiger partial charge is 0.450 e. The van der Waals surface area contributed by atoms with E-state index in [0.717, 1.165) is 0 Å². The van der Waals surface area contributed by atoms with Crippen LogP contribution < -0.4 is 22.9 Å². The first-order valence-corrected chi connectivity index (χ1v) is 6.77. The highest BCUT2D eigenvalue weighted by molar-refractivity contribution is 5.65. The monoisotopic (exact) mass is 356 g/mol. The molecule has 8 N–H and O–H groups in total. The molecule has 0 bridgehead atoms. The van der Waals surface area contributed by atoms with Crippen LogP contribution in [-0.4, -0.2) is 50.8 Å². The van der Waals surface area contributed by atoms with E-state index in [4.69, 9.17) is 0 Å². The summed E-state index contributed by atoms with van der Waals surface area (Å²) < 4.78 is 16.7. The number of carbonyl (C=O) groups excluding carboxylic acids is 4. The van der Waals surface area contributed by atoms with E-state index in [-0.39, 0.29) is 0 Å². The van der Waals surface area contributed by atoms with E-state index < -0.39 is 24.4 Å². The van der Waals surface area contributed by atoms with Gasteiger partial charge in [0, 0.05) is 0 Å². The summed E-state index contributed by atoms with van der Waals surface area (Å²) in [6, 6.07) is 0. The van der Waals surface area contributed by atoms with E-state index in [1.807, 2.05) is 0 Å². The summed E-state index contributed by atoms with van der Waals surface area (Å²) in [5.41, 5.74) is 18.2. The first kappa shape index (κ1) is 29.1. The van der Waals surface area contributed by atoms with Crippen LogP contribution in [-0.2, 0) is 18.9 Å². The molecule has 0 aliphatic carbocycles. The number of amides is 4. The van der Waals surface area contributed by atoms with Gasteiger partial charge in [0.05, 0.1) is 26.4 Å². The molecule has 0 rings (SSSR count). The zero-order chi connectivity index (χ0) is 20.0.